The van der Waals surface area contributed by atoms with Crippen LogP contribution in [0.3, 0.4) is 0 Å². The molecule has 0 saturated heterocycles. The van der Waals surface area contributed by atoms with Crippen molar-refractivity contribution in [3.8, 4) is 22.6 Å². The van der Waals surface area contributed by atoms with Gasteiger partial charge >= 0.3 is 17.9 Å². The van der Waals surface area contributed by atoms with E-state index in [0.29, 0.717) is 19.0 Å². The van der Waals surface area contributed by atoms with Crippen LogP contribution in [0.1, 0.15) is 141 Å². The Hall–Kier alpha value is -3.91. The van der Waals surface area contributed by atoms with Crippen LogP contribution in [0.15, 0.2) is 73.8 Å². The van der Waals surface area contributed by atoms with E-state index in [1.165, 1.54) is 89.2 Å². The van der Waals surface area contributed by atoms with Crippen molar-refractivity contribution in [3.05, 3.63) is 73.8 Å². The second kappa shape index (κ2) is 29.4. The van der Waals surface area contributed by atoms with Crippen LogP contribution in [-0.2, 0) is 28.6 Å². The lowest BCUT2D eigenvalue weighted by molar-refractivity contribution is -0.141. The van der Waals surface area contributed by atoms with Gasteiger partial charge in [0.15, 0.2) is 0 Å². The van der Waals surface area contributed by atoms with Crippen molar-refractivity contribution in [3.63, 3.8) is 0 Å². The summed E-state index contributed by atoms with van der Waals surface area (Å²) in [4.78, 5) is 34.9. The van der Waals surface area contributed by atoms with Crippen molar-refractivity contribution in [2.75, 3.05) is 26.4 Å². The highest BCUT2D eigenvalue weighted by Crippen LogP contribution is 2.29. The lowest BCUT2D eigenvalue weighted by atomic mass is 9.87. The Morgan fingerprint density at radius 3 is 1.31 bits per heavy atom. The third-order valence-electron chi connectivity index (χ3n) is 10.3. The topological polar surface area (TPSA) is 97.4 Å². The van der Waals surface area contributed by atoms with Crippen molar-refractivity contribution in [1.29, 1.82) is 0 Å². The Morgan fingerprint density at radius 2 is 0.873 bits per heavy atom. The van der Waals surface area contributed by atoms with E-state index in [2.05, 4.69) is 25.3 Å². The van der Waals surface area contributed by atoms with Gasteiger partial charge in [-0.25, -0.2) is 9.59 Å². The van der Waals surface area contributed by atoms with Gasteiger partial charge in [-0.2, -0.15) is 0 Å². The standard InChI is InChI=1S/C47H68O8/c1-3-45(48)53-37-21-17-13-9-5-7-11-15-19-35-51-42-29-23-39(24-30-42)40-25-33-44(34-26-40)55-47(50)41-27-31-43(32-28-41)52-36-20-16-12-8-6-10-14-18-22-38-54-46(49)4-2/h3-4,23-26,29-30,33-34,41,43H,1-2,5-22,27-28,31-32,35-38H2. The summed E-state index contributed by atoms with van der Waals surface area (Å²) < 4.78 is 27.9. The molecule has 304 valence electrons. The van der Waals surface area contributed by atoms with Crippen LogP contribution < -0.4 is 9.47 Å². The minimum atomic E-state index is -0.336. The summed E-state index contributed by atoms with van der Waals surface area (Å²) in [5, 5.41) is 0. The van der Waals surface area contributed by atoms with Crippen LogP contribution in [-0.4, -0.2) is 50.4 Å². The molecule has 55 heavy (non-hydrogen) atoms. The molecule has 1 saturated carbocycles. The lowest BCUT2D eigenvalue weighted by Crippen LogP contribution is -2.29. The Balaban J connectivity index is 1.16. The van der Waals surface area contributed by atoms with Gasteiger partial charge in [0.2, 0.25) is 0 Å². The second-order valence-electron chi connectivity index (χ2n) is 14.8. The third kappa shape index (κ3) is 21.1. The molecular weight excluding hydrogens is 693 g/mol. The van der Waals surface area contributed by atoms with E-state index >= 15 is 0 Å². The molecule has 2 aromatic rings. The van der Waals surface area contributed by atoms with E-state index in [-0.39, 0.29) is 29.9 Å². The monoisotopic (exact) mass is 760 g/mol. The van der Waals surface area contributed by atoms with Gasteiger partial charge < -0.3 is 23.7 Å². The second-order valence-corrected chi connectivity index (χ2v) is 14.8. The highest BCUT2D eigenvalue weighted by molar-refractivity contribution is 5.81. The highest BCUT2D eigenvalue weighted by atomic mass is 16.5. The van der Waals surface area contributed by atoms with Gasteiger partial charge in [0.05, 0.1) is 31.8 Å². The van der Waals surface area contributed by atoms with Crippen molar-refractivity contribution >= 4 is 17.9 Å². The molecule has 0 amide bonds. The predicted molar refractivity (Wildman–Crippen MR) is 220 cm³/mol. The third-order valence-corrected chi connectivity index (χ3v) is 10.3. The summed E-state index contributed by atoms with van der Waals surface area (Å²) in [7, 11) is 0. The van der Waals surface area contributed by atoms with Gasteiger partial charge in [-0.05, 0) is 86.8 Å². The molecular formula is C47H68O8. The molecule has 0 bridgehead atoms. The van der Waals surface area contributed by atoms with Gasteiger partial charge in [-0.1, -0.05) is 127 Å². The van der Waals surface area contributed by atoms with E-state index in [9.17, 15) is 14.4 Å². The van der Waals surface area contributed by atoms with E-state index in [0.717, 1.165) is 94.3 Å². The number of hydrogen-bond donors (Lipinski definition) is 0. The summed E-state index contributed by atoms with van der Waals surface area (Å²) >= 11 is 0. The maximum absolute atomic E-state index is 12.9. The molecule has 2 aromatic carbocycles. The van der Waals surface area contributed by atoms with Crippen molar-refractivity contribution in [1.82, 2.24) is 0 Å². The van der Waals surface area contributed by atoms with Crippen LogP contribution in [0.2, 0.25) is 0 Å². The van der Waals surface area contributed by atoms with Crippen molar-refractivity contribution < 1.29 is 38.1 Å². The van der Waals surface area contributed by atoms with Crippen LogP contribution in [0.25, 0.3) is 11.1 Å². The molecule has 0 unspecified atom stereocenters. The molecule has 0 aromatic heterocycles. The number of ether oxygens (including phenoxy) is 5. The predicted octanol–water partition coefficient (Wildman–Crippen LogP) is 11.7. The molecule has 0 atom stereocenters. The van der Waals surface area contributed by atoms with Gasteiger partial charge in [0, 0.05) is 18.8 Å². The molecule has 1 aliphatic rings. The number of esters is 3. The van der Waals surface area contributed by atoms with Crippen molar-refractivity contribution in [2.45, 2.75) is 147 Å². The average Bonchev–Trinajstić information content (AvgIpc) is 3.21. The average molecular weight is 761 g/mol. The maximum Gasteiger partial charge on any atom is 0.330 e. The van der Waals surface area contributed by atoms with Crippen LogP contribution >= 0.6 is 0 Å². The smallest absolute Gasteiger partial charge is 0.330 e. The first-order chi connectivity index (χ1) is 27.0. The quantitative estimate of drug-likeness (QED) is 0.0324. The van der Waals surface area contributed by atoms with E-state index < -0.39 is 0 Å². The SMILES string of the molecule is C=CC(=O)OCCCCCCCCCCCOc1ccc(-c2ccc(OC(=O)C3CCC(OCCCCCCCCCCCOC(=O)C=C)CC3)cc2)cc1. The fourth-order valence-electron chi connectivity index (χ4n) is 6.91. The maximum atomic E-state index is 12.9. The van der Waals surface area contributed by atoms with E-state index in [1.54, 1.807) is 0 Å². The molecule has 0 heterocycles. The number of carbonyl (C=O) groups excluding carboxylic acids is 3. The zero-order valence-corrected chi connectivity index (χ0v) is 33.5. The summed E-state index contributed by atoms with van der Waals surface area (Å²) in [6.45, 7) is 9.31. The molecule has 8 nitrogen and oxygen atoms in total. The first-order valence-corrected chi connectivity index (χ1v) is 21.2. The van der Waals surface area contributed by atoms with Gasteiger partial charge in [-0.15, -0.1) is 0 Å². The van der Waals surface area contributed by atoms with Gasteiger partial charge in [-0.3, -0.25) is 4.79 Å². The number of benzene rings is 2. The Labute approximate surface area is 331 Å². The first kappa shape index (κ1) is 45.5. The van der Waals surface area contributed by atoms with Crippen LogP contribution in [0.5, 0.6) is 11.5 Å². The molecule has 8 heteroatoms. The molecule has 1 aliphatic carbocycles. The number of hydrogen-bond acceptors (Lipinski definition) is 8. The largest absolute Gasteiger partial charge is 0.494 e. The summed E-state index contributed by atoms with van der Waals surface area (Å²) in [5.74, 6) is 0.586. The number of rotatable bonds is 31. The minimum Gasteiger partial charge on any atom is -0.494 e. The zero-order chi connectivity index (χ0) is 39.2. The number of carbonyl (C=O) groups is 3. The summed E-state index contributed by atoms with van der Waals surface area (Å²) in [5.41, 5.74) is 2.16. The highest BCUT2D eigenvalue weighted by Gasteiger charge is 2.28. The normalized spacial score (nSPS) is 15.2. The fraction of sp³-hybridized carbons (Fsp3) is 0.596. The molecule has 3 rings (SSSR count). The van der Waals surface area contributed by atoms with Crippen molar-refractivity contribution in [2.24, 2.45) is 5.92 Å². The fourth-order valence-corrected chi connectivity index (χ4v) is 6.91. The Bertz CT molecular complexity index is 1340. The minimum absolute atomic E-state index is 0.0708. The summed E-state index contributed by atoms with van der Waals surface area (Å²) in [6, 6.07) is 15.9. The molecule has 0 aliphatic heterocycles. The molecule has 1 fully saturated rings. The first-order valence-electron chi connectivity index (χ1n) is 21.2. The molecule has 0 radical (unpaired) electrons. The number of unbranched alkanes of at least 4 members (excludes halogenated alkanes) is 16. The van der Waals surface area contributed by atoms with E-state index in [4.69, 9.17) is 23.7 Å². The molecule has 0 spiro atoms. The van der Waals surface area contributed by atoms with Gasteiger partial charge in [0.1, 0.15) is 11.5 Å². The lowest BCUT2D eigenvalue weighted by Gasteiger charge is -2.27. The van der Waals surface area contributed by atoms with Crippen LogP contribution in [0.4, 0.5) is 0 Å². The zero-order valence-electron chi connectivity index (χ0n) is 33.5. The van der Waals surface area contributed by atoms with E-state index in [1.807, 2.05) is 36.4 Å². The molecule has 0 N–H and O–H groups in total. The Kier molecular flexibility index (Phi) is 24.3. The van der Waals surface area contributed by atoms with Crippen LogP contribution in [0, 0.1) is 5.92 Å². The summed E-state index contributed by atoms with van der Waals surface area (Å²) in [6.07, 6.45) is 27.0. The Morgan fingerprint density at radius 1 is 0.491 bits per heavy atom. The van der Waals surface area contributed by atoms with Gasteiger partial charge in [0.25, 0.3) is 0 Å².